The molecule has 0 aliphatic heterocycles. The maximum absolute atomic E-state index is 4.25. The molecule has 0 aliphatic rings. The molecular formula is C21H22Cl2SiZr-4. The van der Waals surface area contributed by atoms with E-state index in [9.17, 15) is 0 Å². The second-order valence-corrected chi connectivity index (χ2v) is 4.31. The quantitative estimate of drug-likeness (QED) is 0.202. The molecule has 0 N–H and O–H groups in total. The zero-order valence-electron chi connectivity index (χ0n) is 14.2. The van der Waals surface area contributed by atoms with Crippen LogP contribution in [0.15, 0.2) is 91.5 Å². The Balaban J connectivity index is -0.000000294. The molecule has 0 amide bonds. The van der Waals surface area contributed by atoms with Gasteiger partial charge in [0, 0.05) is 0 Å². The van der Waals surface area contributed by atoms with Gasteiger partial charge in [0.25, 0.3) is 0 Å². The van der Waals surface area contributed by atoms with Crippen LogP contribution in [0.1, 0.15) is 0 Å². The summed E-state index contributed by atoms with van der Waals surface area (Å²) >= 11 is 1.36. The average Bonchev–Trinajstić information content (AvgIpc) is 3.28. The number of hydrogen-bond acceptors (Lipinski definition) is 0. The molecule has 0 atom stereocenters. The molecule has 0 saturated heterocycles. The first-order valence-corrected chi connectivity index (χ1v) is 11.0. The molecule has 4 rings (SSSR count). The Morgan fingerprint density at radius 3 is 1.32 bits per heavy atom. The minimum absolute atomic E-state index is 0. The Labute approximate surface area is 181 Å². The number of benzene rings is 2. The summed E-state index contributed by atoms with van der Waals surface area (Å²) in [5.74, 6) is 0. The minimum atomic E-state index is 0. The molecule has 0 aliphatic carbocycles. The van der Waals surface area contributed by atoms with Gasteiger partial charge < -0.3 is 14.0 Å². The van der Waals surface area contributed by atoms with Crippen molar-refractivity contribution in [3.63, 3.8) is 0 Å². The molecule has 0 bridgehead atoms. The largest absolute Gasteiger partial charge is 0.168 e. The van der Waals surface area contributed by atoms with Crippen LogP contribution in [0.3, 0.4) is 0 Å². The number of halogens is 2. The molecular weight excluding hydrogens is 442 g/mol. The van der Waals surface area contributed by atoms with Gasteiger partial charge in [-0.15, -0.1) is 84.1 Å². The van der Waals surface area contributed by atoms with Crippen molar-refractivity contribution in [2.45, 2.75) is 0 Å². The summed E-state index contributed by atoms with van der Waals surface area (Å²) in [6.45, 7) is 10.1. The van der Waals surface area contributed by atoms with E-state index in [2.05, 4.69) is 105 Å². The molecule has 0 spiro atoms. The Hall–Kier alpha value is -0.920. The number of fused-ring (bicyclic) bond motifs is 2. The zero-order chi connectivity index (χ0) is 16.2. The van der Waals surface area contributed by atoms with Crippen LogP contribution in [0.5, 0.6) is 0 Å². The van der Waals surface area contributed by atoms with Crippen molar-refractivity contribution in [3.8, 4) is 0 Å². The molecule has 0 fully saturated rings. The van der Waals surface area contributed by atoms with Crippen LogP contribution < -0.4 is 0 Å². The van der Waals surface area contributed by atoms with E-state index in [0.29, 0.717) is 0 Å². The van der Waals surface area contributed by atoms with Gasteiger partial charge in [-0.25, -0.2) is 0 Å². The summed E-state index contributed by atoms with van der Waals surface area (Å²) in [6, 6.07) is 29.3. The van der Waals surface area contributed by atoms with E-state index in [1.54, 1.807) is 0 Å². The molecule has 25 heavy (non-hydrogen) atoms. The van der Waals surface area contributed by atoms with E-state index in [0.717, 1.165) is 0 Å². The Kier molecular flexibility index (Phi) is 20.7. The van der Waals surface area contributed by atoms with Crippen LogP contribution in [0.25, 0.3) is 21.5 Å². The fraction of sp³-hybridized carbons (Fsp3) is 0. The van der Waals surface area contributed by atoms with Crippen LogP contribution in [0, 0.1) is 14.0 Å². The first-order chi connectivity index (χ1) is 10.9. The van der Waals surface area contributed by atoms with Gasteiger partial charge in [0.2, 0.25) is 0 Å². The monoisotopic (exact) mass is 462 g/mol. The van der Waals surface area contributed by atoms with E-state index in [-0.39, 0.29) is 32.2 Å². The zero-order valence-corrected chi connectivity index (χ0v) is 19.3. The van der Waals surface area contributed by atoms with Crippen molar-refractivity contribution in [1.82, 2.24) is 0 Å². The Morgan fingerprint density at radius 1 is 0.680 bits per heavy atom. The smallest absolute Gasteiger partial charge is 0.0809 e. The van der Waals surface area contributed by atoms with Gasteiger partial charge >= 0.3 is 30.2 Å². The predicted octanol–water partition coefficient (Wildman–Crippen LogP) is 6.63. The fourth-order valence-electron chi connectivity index (χ4n) is 2.14. The van der Waals surface area contributed by atoms with Crippen molar-refractivity contribution in [2.24, 2.45) is 0 Å². The molecule has 0 nitrogen and oxygen atoms in total. The normalized spacial score (nSPS) is 7.64. The van der Waals surface area contributed by atoms with Gasteiger partial charge in [-0.05, 0) is 0 Å². The van der Waals surface area contributed by atoms with Gasteiger partial charge in [-0.1, -0.05) is 12.1 Å². The van der Waals surface area contributed by atoms with E-state index in [1.165, 1.54) is 44.9 Å². The SMILES string of the molecule is Cl.Cl.[CH-]=C.[CH3-].[Si]=[Zr].c1ccc2[cH-]ccc2c1.c1ccc2[cH-]ccc2c1. The summed E-state index contributed by atoms with van der Waals surface area (Å²) in [4.78, 5) is 0. The topological polar surface area (TPSA) is 0 Å². The van der Waals surface area contributed by atoms with Crippen molar-refractivity contribution < 1.29 is 23.3 Å². The standard InChI is InChI=1S/2C9H7.C2H3.CH3.2ClH.Si.Zr/c2*1-2-5-9-7-3-6-8(9)4-1;1-2;;;;;/h2*1-7H;1H,2H2;1H3;2*1H;;/q4*-1;;;;. The van der Waals surface area contributed by atoms with Gasteiger partial charge in [-0.2, -0.15) is 35.0 Å². The first-order valence-electron chi connectivity index (χ1n) is 6.80. The summed E-state index contributed by atoms with van der Waals surface area (Å²) < 4.78 is 0. The Morgan fingerprint density at radius 2 is 1.00 bits per heavy atom. The van der Waals surface area contributed by atoms with Crippen LogP contribution in [-0.2, 0) is 23.3 Å². The van der Waals surface area contributed by atoms with Gasteiger partial charge in [-0.3, -0.25) is 6.58 Å². The third kappa shape index (κ3) is 9.37. The van der Waals surface area contributed by atoms with Crippen molar-refractivity contribution in [1.29, 1.82) is 0 Å². The van der Waals surface area contributed by atoms with Crippen molar-refractivity contribution >= 4 is 53.2 Å². The molecule has 2 radical (unpaired) electrons. The molecule has 0 saturated carbocycles. The minimum Gasteiger partial charge on any atom is -0.168 e. The van der Waals surface area contributed by atoms with E-state index >= 15 is 0 Å². The fourth-order valence-corrected chi connectivity index (χ4v) is 2.14. The Bertz CT molecular complexity index is 664. The molecule has 4 aromatic rings. The van der Waals surface area contributed by atoms with E-state index < -0.39 is 0 Å². The maximum atomic E-state index is 4.25. The molecule has 0 unspecified atom stereocenters. The molecule has 0 aromatic heterocycles. The summed E-state index contributed by atoms with van der Waals surface area (Å²) in [5, 5.41) is 5.32. The second kappa shape index (κ2) is 17.9. The predicted molar refractivity (Wildman–Crippen MR) is 116 cm³/mol. The van der Waals surface area contributed by atoms with Crippen LogP contribution in [-0.4, -0.2) is 6.88 Å². The van der Waals surface area contributed by atoms with E-state index in [4.69, 9.17) is 0 Å². The van der Waals surface area contributed by atoms with Gasteiger partial charge in [0.15, 0.2) is 0 Å². The summed E-state index contributed by atoms with van der Waals surface area (Å²) in [7, 11) is 0. The third-order valence-corrected chi connectivity index (χ3v) is 3.10. The third-order valence-electron chi connectivity index (χ3n) is 3.10. The maximum Gasteiger partial charge on any atom is -0.0809 e. The average molecular weight is 465 g/mol. The van der Waals surface area contributed by atoms with Crippen molar-refractivity contribution in [3.05, 3.63) is 106 Å². The van der Waals surface area contributed by atoms with E-state index in [1.807, 2.05) is 0 Å². The molecule has 132 valence electrons. The van der Waals surface area contributed by atoms with Crippen LogP contribution >= 0.6 is 24.8 Å². The van der Waals surface area contributed by atoms with Gasteiger partial charge in [0.05, 0.1) is 0 Å². The second-order valence-electron chi connectivity index (χ2n) is 4.31. The first kappa shape index (κ1) is 28.9. The van der Waals surface area contributed by atoms with Crippen molar-refractivity contribution in [2.75, 3.05) is 0 Å². The number of hydrogen-bond donors (Lipinski definition) is 0. The summed E-state index contributed by atoms with van der Waals surface area (Å²) in [5.41, 5.74) is 0. The number of rotatable bonds is 0. The molecule has 4 heteroatoms. The summed E-state index contributed by atoms with van der Waals surface area (Å²) in [6.07, 6.45) is 0. The molecule has 4 aromatic carbocycles. The van der Waals surface area contributed by atoms with Gasteiger partial charge in [0.1, 0.15) is 0 Å². The van der Waals surface area contributed by atoms with Crippen LogP contribution in [0.2, 0.25) is 0 Å². The van der Waals surface area contributed by atoms with Crippen LogP contribution in [0.4, 0.5) is 0 Å². The molecule has 0 heterocycles.